The van der Waals surface area contributed by atoms with Crippen LogP contribution in [0, 0.1) is 0 Å². The number of hydrogen-bond donors (Lipinski definition) is 0. The van der Waals surface area contributed by atoms with Crippen LogP contribution in [0.3, 0.4) is 0 Å². The molecule has 7 heteroatoms. The van der Waals surface area contributed by atoms with Gasteiger partial charge in [-0.1, -0.05) is 12.1 Å². The highest BCUT2D eigenvalue weighted by molar-refractivity contribution is 5.91. The molecule has 0 aliphatic rings. The lowest BCUT2D eigenvalue weighted by Gasteiger charge is -2.26. The molecule has 2 aromatic rings. The van der Waals surface area contributed by atoms with Gasteiger partial charge in [-0.15, -0.1) is 0 Å². The van der Waals surface area contributed by atoms with E-state index in [0.29, 0.717) is 10.9 Å². The Labute approximate surface area is 133 Å². The van der Waals surface area contributed by atoms with E-state index < -0.39 is 24.3 Å². The number of para-hydroxylation sites is 1. The van der Waals surface area contributed by atoms with Crippen molar-refractivity contribution in [3.8, 4) is 0 Å². The number of carbonyl (C=O) groups excluding carboxylic acids is 1. The van der Waals surface area contributed by atoms with Gasteiger partial charge < -0.3 is 9.64 Å². The monoisotopic (exact) mass is 323 g/mol. The molecular formula is C16H19F2N3O2. The fourth-order valence-electron chi connectivity index (χ4n) is 2.12. The summed E-state index contributed by atoms with van der Waals surface area (Å²) in [7, 11) is 1.62. The summed E-state index contributed by atoms with van der Waals surface area (Å²) in [6, 6.07) is 6.18. The first-order chi connectivity index (χ1) is 10.8. The average molecular weight is 323 g/mol. The summed E-state index contributed by atoms with van der Waals surface area (Å²) in [6.07, 6.45) is -3.04. The van der Waals surface area contributed by atoms with Crippen LogP contribution < -0.4 is 4.90 Å². The zero-order valence-corrected chi connectivity index (χ0v) is 13.5. The van der Waals surface area contributed by atoms with E-state index in [1.807, 2.05) is 0 Å². The van der Waals surface area contributed by atoms with Gasteiger partial charge in [0.25, 0.3) is 6.43 Å². The van der Waals surface area contributed by atoms with Crippen LogP contribution >= 0.6 is 0 Å². The highest BCUT2D eigenvalue weighted by Crippen LogP contribution is 2.27. The largest absolute Gasteiger partial charge is 0.461 e. The topological polar surface area (TPSA) is 55.3 Å². The molecule has 1 atom stereocenters. The number of fused-ring (bicyclic) bond motifs is 1. The molecule has 0 aliphatic heterocycles. The summed E-state index contributed by atoms with van der Waals surface area (Å²) < 4.78 is 31.2. The summed E-state index contributed by atoms with van der Waals surface area (Å²) in [6.45, 7) is 5.14. The SMILES string of the molecule is CC(C)OC(=O)C(C)N(C)c1nc(C(F)F)nc2ccccc12. The Morgan fingerprint density at radius 2 is 1.83 bits per heavy atom. The van der Waals surface area contributed by atoms with Crippen LogP contribution in [-0.2, 0) is 9.53 Å². The van der Waals surface area contributed by atoms with Crippen molar-refractivity contribution in [1.82, 2.24) is 9.97 Å². The molecule has 1 aromatic heterocycles. The number of likely N-dealkylation sites (N-methyl/N-ethyl adjacent to an activating group) is 1. The van der Waals surface area contributed by atoms with Crippen LogP contribution in [-0.4, -0.2) is 35.1 Å². The van der Waals surface area contributed by atoms with E-state index in [0.717, 1.165) is 0 Å². The molecule has 1 aromatic carbocycles. The molecule has 0 bridgehead atoms. The minimum atomic E-state index is -2.79. The molecule has 0 fully saturated rings. The minimum Gasteiger partial charge on any atom is -0.461 e. The number of aromatic nitrogens is 2. The molecule has 1 heterocycles. The summed E-state index contributed by atoms with van der Waals surface area (Å²) in [5.41, 5.74) is 0.407. The van der Waals surface area contributed by atoms with Gasteiger partial charge in [-0.3, -0.25) is 0 Å². The maximum absolute atomic E-state index is 13.0. The van der Waals surface area contributed by atoms with E-state index in [2.05, 4.69) is 9.97 Å². The summed E-state index contributed by atoms with van der Waals surface area (Å²) in [5, 5.41) is 0.601. The Balaban J connectivity index is 2.46. The molecule has 5 nitrogen and oxygen atoms in total. The summed E-state index contributed by atoms with van der Waals surface area (Å²) in [5.74, 6) is -0.724. The van der Waals surface area contributed by atoms with Crippen molar-refractivity contribution in [1.29, 1.82) is 0 Å². The summed E-state index contributed by atoms with van der Waals surface area (Å²) >= 11 is 0. The number of rotatable bonds is 5. The number of nitrogens with zero attached hydrogens (tertiary/aromatic N) is 3. The van der Waals surface area contributed by atoms with Gasteiger partial charge in [-0.2, -0.15) is 0 Å². The highest BCUT2D eigenvalue weighted by Gasteiger charge is 2.25. The van der Waals surface area contributed by atoms with Crippen LogP contribution in [0.2, 0.25) is 0 Å². The van der Waals surface area contributed by atoms with Crippen molar-refractivity contribution >= 4 is 22.7 Å². The fourth-order valence-corrected chi connectivity index (χ4v) is 2.12. The second-order valence-electron chi connectivity index (χ2n) is 5.50. The second kappa shape index (κ2) is 6.85. The number of alkyl halides is 2. The quantitative estimate of drug-likeness (QED) is 0.790. The number of hydrogen-bond acceptors (Lipinski definition) is 5. The van der Waals surface area contributed by atoms with Crippen molar-refractivity contribution in [3.63, 3.8) is 0 Å². The molecule has 0 amide bonds. The number of anilines is 1. The van der Waals surface area contributed by atoms with Gasteiger partial charge in [0.15, 0.2) is 5.82 Å². The Bertz CT molecular complexity index is 707. The number of esters is 1. The molecule has 0 saturated heterocycles. The average Bonchev–Trinajstić information content (AvgIpc) is 2.51. The number of halogens is 2. The molecular weight excluding hydrogens is 304 g/mol. The van der Waals surface area contributed by atoms with E-state index in [1.165, 1.54) is 4.90 Å². The maximum Gasteiger partial charge on any atom is 0.328 e. The molecule has 124 valence electrons. The molecule has 23 heavy (non-hydrogen) atoms. The van der Waals surface area contributed by atoms with Crippen molar-refractivity contribution in [2.75, 3.05) is 11.9 Å². The Morgan fingerprint density at radius 1 is 1.17 bits per heavy atom. The first-order valence-electron chi connectivity index (χ1n) is 7.29. The van der Waals surface area contributed by atoms with Crippen molar-refractivity contribution in [2.24, 2.45) is 0 Å². The molecule has 0 spiro atoms. The van der Waals surface area contributed by atoms with Gasteiger partial charge in [-0.25, -0.2) is 23.5 Å². The van der Waals surface area contributed by atoms with Crippen LogP contribution in [0.15, 0.2) is 24.3 Å². The van der Waals surface area contributed by atoms with Crippen LogP contribution in [0.1, 0.15) is 33.0 Å². The molecule has 0 radical (unpaired) electrons. The first-order valence-corrected chi connectivity index (χ1v) is 7.29. The minimum absolute atomic E-state index is 0.253. The van der Waals surface area contributed by atoms with Gasteiger partial charge in [-0.05, 0) is 32.9 Å². The fraction of sp³-hybridized carbons (Fsp3) is 0.438. The van der Waals surface area contributed by atoms with Gasteiger partial charge in [0.2, 0.25) is 0 Å². The van der Waals surface area contributed by atoms with Gasteiger partial charge >= 0.3 is 5.97 Å². The van der Waals surface area contributed by atoms with Crippen molar-refractivity contribution in [2.45, 2.75) is 39.3 Å². The highest BCUT2D eigenvalue weighted by atomic mass is 19.3. The Kier molecular flexibility index (Phi) is 5.08. The second-order valence-corrected chi connectivity index (χ2v) is 5.50. The molecule has 0 saturated carbocycles. The lowest BCUT2D eigenvalue weighted by Crippen LogP contribution is -2.39. The smallest absolute Gasteiger partial charge is 0.328 e. The van der Waals surface area contributed by atoms with Crippen LogP contribution in [0.4, 0.5) is 14.6 Å². The number of ether oxygens (including phenoxy) is 1. The van der Waals surface area contributed by atoms with Crippen molar-refractivity contribution in [3.05, 3.63) is 30.1 Å². The third kappa shape index (κ3) is 3.72. The van der Waals surface area contributed by atoms with E-state index in [9.17, 15) is 13.6 Å². The number of carbonyl (C=O) groups is 1. The molecule has 2 rings (SSSR count). The van der Waals surface area contributed by atoms with E-state index in [4.69, 9.17) is 4.74 Å². The van der Waals surface area contributed by atoms with Gasteiger partial charge in [0.1, 0.15) is 11.9 Å². The predicted molar refractivity (Wildman–Crippen MR) is 83.6 cm³/mol. The van der Waals surface area contributed by atoms with Gasteiger partial charge in [0, 0.05) is 12.4 Å². The number of benzene rings is 1. The van der Waals surface area contributed by atoms with E-state index in [1.54, 1.807) is 52.1 Å². The van der Waals surface area contributed by atoms with Crippen LogP contribution in [0.25, 0.3) is 10.9 Å². The third-order valence-corrected chi connectivity index (χ3v) is 3.40. The van der Waals surface area contributed by atoms with E-state index in [-0.39, 0.29) is 11.9 Å². The first kappa shape index (κ1) is 17.1. The third-order valence-electron chi connectivity index (χ3n) is 3.40. The predicted octanol–water partition coefficient (Wildman–Crippen LogP) is 3.34. The van der Waals surface area contributed by atoms with E-state index >= 15 is 0 Å². The van der Waals surface area contributed by atoms with Crippen molar-refractivity contribution < 1.29 is 18.3 Å². The normalized spacial score (nSPS) is 12.7. The zero-order chi connectivity index (χ0) is 17.1. The molecule has 0 N–H and O–H groups in total. The lowest BCUT2D eigenvalue weighted by molar-refractivity contribution is -0.148. The molecule has 0 aliphatic carbocycles. The Hall–Kier alpha value is -2.31. The van der Waals surface area contributed by atoms with Crippen LogP contribution in [0.5, 0.6) is 0 Å². The lowest BCUT2D eigenvalue weighted by atomic mass is 10.2. The summed E-state index contributed by atoms with van der Waals surface area (Å²) in [4.78, 5) is 21.4. The zero-order valence-electron chi connectivity index (χ0n) is 13.5. The standard InChI is InChI=1S/C16H19F2N3O2/c1-9(2)23-16(22)10(3)21(4)15-11-7-5-6-8-12(11)19-14(20-15)13(17)18/h5-10,13H,1-4H3. The molecule has 1 unspecified atom stereocenters. The maximum atomic E-state index is 13.0. The Morgan fingerprint density at radius 3 is 2.43 bits per heavy atom. The van der Waals surface area contributed by atoms with Gasteiger partial charge in [0.05, 0.1) is 11.6 Å².